The van der Waals surface area contributed by atoms with Gasteiger partial charge in [0.15, 0.2) is 0 Å². The van der Waals surface area contributed by atoms with Crippen LogP contribution in [0.3, 0.4) is 0 Å². The molecule has 120 valence electrons. The average Bonchev–Trinajstić information content (AvgIpc) is 2.98. The second kappa shape index (κ2) is 6.95. The van der Waals surface area contributed by atoms with Crippen molar-refractivity contribution in [1.82, 2.24) is 4.31 Å². The van der Waals surface area contributed by atoms with E-state index in [0.29, 0.717) is 6.42 Å². The van der Waals surface area contributed by atoms with Gasteiger partial charge in [0.25, 0.3) is 0 Å². The minimum absolute atomic E-state index is 0.226. The summed E-state index contributed by atoms with van der Waals surface area (Å²) in [5.41, 5.74) is 2.64. The van der Waals surface area contributed by atoms with E-state index < -0.39 is 10.0 Å². The molecule has 1 aromatic rings. The molecule has 1 aliphatic rings. The van der Waals surface area contributed by atoms with E-state index in [4.69, 9.17) is 0 Å². The SMILES string of the molecule is C=CCC(C#N)C1=C(C=C)CN(S(=O)(=O)c2ccc(C)cc2)C1. The molecule has 0 saturated carbocycles. The molecule has 0 fully saturated rings. The van der Waals surface area contributed by atoms with Gasteiger partial charge in [-0.2, -0.15) is 9.57 Å². The molecule has 1 unspecified atom stereocenters. The number of aryl methyl sites for hydroxylation is 1. The third-order valence-corrected chi connectivity index (χ3v) is 5.80. The van der Waals surface area contributed by atoms with E-state index in [1.165, 1.54) is 4.31 Å². The summed E-state index contributed by atoms with van der Waals surface area (Å²) in [5.74, 6) is -0.362. The molecule has 0 spiro atoms. The molecular formula is C18H20N2O2S. The lowest BCUT2D eigenvalue weighted by molar-refractivity contribution is 0.477. The van der Waals surface area contributed by atoms with Gasteiger partial charge >= 0.3 is 0 Å². The van der Waals surface area contributed by atoms with Crippen molar-refractivity contribution >= 4 is 10.0 Å². The number of benzene rings is 1. The molecule has 1 aliphatic heterocycles. The average molecular weight is 328 g/mol. The fourth-order valence-electron chi connectivity index (χ4n) is 2.64. The normalized spacial score (nSPS) is 16.9. The van der Waals surface area contributed by atoms with E-state index in [-0.39, 0.29) is 23.9 Å². The highest BCUT2D eigenvalue weighted by molar-refractivity contribution is 7.89. The van der Waals surface area contributed by atoms with Crippen molar-refractivity contribution in [3.63, 3.8) is 0 Å². The maximum absolute atomic E-state index is 12.8. The van der Waals surface area contributed by atoms with Crippen molar-refractivity contribution in [2.45, 2.75) is 18.2 Å². The fourth-order valence-corrected chi connectivity index (χ4v) is 4.03. The summed E-state index contributed by atoms with van der Waals surface area (Å²) >= 11 is 0. The molecule has 2 rings (SSSR count). The van der Waals surface area contributed by atoms with Crippen LogP contribution < -0.4 is 0 Å². The Morgan fingerprint density at radius 3 is 2.48 bits per heavy atom. The molecule has 1 aromatic carbocycles. The molecule has 0 amide bonds. The van der Waals surface area contributed by atoms with Crippen LogP contribution in [0.2, 0.25) is 0 Å². The summed E-state index contributed by atoms with van der Waals surface area (Å²) in [5, 5.41) is 9.33. The van der Waals surface area contributed by atoms with Crippen LogP contribution in [-0.4, -0.2) is 25.8 Å². The Balaban J connectivity index is 2.31. The monoisotopic (exact) mass is 328 g/mol. The van der Waals surface area contributed by atoms with Gasteiger partial charge in [-0.1, -0.05) is 36.4 Å². The van der Waals surface area contributed by atoms with E-state index in [1.807, 2.05) is 6.92 Å². The highest BCUT2D eigenvalue weighted by Crippen LogP contribution is 2.31. The van der Waals surface area contributed by atoms with E-state index in [2.05, 4.69) is 19.2 Å². The van der Waals surface area contributed by atoms with Crippen molar-refractivity contribution in [3.8, 4) is 6.07 Å². The van der Waals surface area contributed by atoms with E-state index >= 15 is 0 Å². The number of sulfonamides is 1. The molecule has 0 saturated heterocycles. The summed E-state index contributed by atoms with van der Waals surface area (Å²) in [4.78, 5) is 0.269. The van der Waals surface area contributed by atoms with Gasteiger partial charge < -0.3 is 0 Å². The number of allylic oxidation sites excluding steroid dienone is 1. The molecule has 0 N–H and O–H groups in total. The van der Waals surface area contributed by atoms with Crippen LogP contribution in [0, 0.1) is 24.2 Å². The Bertz CT molecular complexity index is 783. The van der Waals surface area contributed by atoms with E-state index in [0.717, 1.165) is 16.7 Å². The van der Waals surface area contributed by atoms with Crippen LogP contribution in [-0.2, 0) is 10.0 Å². The summed E-state index contributed by atoms with van der Waals surface area (Å²) < 4.78 is 27.0. The first-order valence-electron chi connectivity index (χ1n) is 7.35. The quantitative estimate of drug-likeness (QED) is 0.753. The van der Waals surface area contributed by atoms with Crippen LogP contribution >= 0.6 is 0 Å². The first-order chi connectivity index (χ1) is 10.9. The minimum atomic E-state index is -3.58. The largest absolute Gasteiger partial charge is 0.243 e. The standard InChI is InChI=1S/C18H20N2O2S/c1-4-6-16(11-19)18-13-20(12-15(18)5-2)23(21,22)17-9-7-14(3)8-10-17/h4-5,7-10,16H,1-2,6,12-13H2,3H3. The van der Waals surface area contributed by atoms with Crippen LogP contribution in [0.1, 0.15) is 12.0 Å². The molecule has 0 aromatic heterocycles. The van der Waals surface area contributed by atoms with Gasteiger partial charge in [0.2, 0.25) is 10.0 Å². The maximum atomic E-state index is 12.8. The second-order valence-electron chi connectivity index (χ2n) is 5.55. The molecular weight excluding hydrogens is 308 g/mol. The van der Waals surface area contributed by atoms with Crippen LogP contribution in [0.15, 0.2) is 65.6 Å². The number of hydrogen-bond donors (Lipinski definition) is 0. The topological polar surface area (TPSA) is 61.2 Å². The Labute approximate surface area is 138 Å². The van der Waals surface area contributed by atoms with Crippen molar-refractivity contribution in [2.24, 2.45) is 5.92 Å². The highest BCUT2D eigenvalue weighted by atomic mass is 32.2. The van der Waals surface area contributed by atoms with Gasteiger partial charge in [-0.3, -0.25) is 0 Å². The number of nitrogens with zero attached hydrogens (tertiary/aromatic N) is 2. The lowest BCUT2D eigenvalue weighted by Crippen LogP contribution is -2.30. The molecule has 4 nitrogen and oxygen atoms in total. The number of hydrogen-bond acceptors (Lipinski definition) is 3. The molecule has 5 heteroatoms. The Kier molecular flexibility index (Phi) is 5.19. The molecule has 0 radical (unpaired) electrons. The summed E-state index contributed by atoms with van der Waals surface area (Å²) in [6, 6.07) is 9.01. The summed E-state index contributed by atoms with van der Waals surface area (Å²) in [6.07, 6.45) is 3.83. The van der Waals surface area contributed by atoms with Crippen LogP contribution in [0.25, 0.3) is 0 Å². The first kappa shape index (κ1) is 17.2. The molecule has 0 aliphatic carbocycles. The first-order valence-corrected chi connectivity index (χ1v) is 8.79. The molecule has 23 heavy (non-hydrogen) atoms. The predicted octanol–water partition coefficient (Wildman–Crippen LogP) is 3.20. The van der Waals surface area contributed by atoms with Crippen molar-refractivity contribution in [3.05, 3.63) is 66.3 Å². The van der Waals surface area contributed by atoms with Crippen LogP contribution in [0.4, 0.5) is 0 Å². The molecule has 0 bridgehead atoms. The van der Waals surface area contributed by atoms with E-state index in [9.17, 15) is 13.7 Å². The van der Waals surface area contributed by atoms with Gasteiger partial charge in [-0.15, -0.1) is 6.58 Å². The zero-order valence-electron chi connectivity index (χ0n) is 13.2. The lowest BCUT2D eigenvalue weighted by atomic mass is 9.94. The predicted molar refractivity (Wildman–Crippen MR) is 91.1 cm³/mol. The van der Waals surface area contributed by atoms with E-state index in [1.54, 1.807) is 36.4 Å². The Hall–Kier alpha value is -2.16. The number of rotatable bonds is 6. The van der Waals surface area contributed by atoms with Gasteiger partial charge in [-0.25, -0.2) is 8.42 Å². The second-order valence-corrected chi connectivity index (χ2v) is 7.48. The Morgan fingerprint density at radius 2 is 1.96 bits per heavy atom. The zero-order valence-corrected chi connectivity index (χ0v) is 14.0. The molecule has 1 atom stereocenters. The van der Waals surface area contributed by atoms with Gasteiger partial charge in [-0.05, 0) is 36.6 Å². The summed E-state index contributed by atoms with van der Waals surface area (Å²) in [6.45, 7) is 9.81. The number of nitriles is 1. The smallest absolute Gasteiger partial charge is 0.207 e. The maximum Gasteiger partial charge on any atom is 0.243 e. The van der Waals surface area contributed by atoms with Crippen molar-refractivity contribution in [1.29, 1.82) is 5.26 Å². The van der Waals surface area contributed by atoms with Crippen molar-refractivity contribution in [2.75, 3.05) is 13.1 Å². The van der Waals surface area contributed by atoms with Crippen molar-refractivity contribution < 1.29 is 8.42 Å². The molecule has 1 heterocycles. The van der Waals surface area contributed by atoms with Crippen LogP contribution in [0.5, 0.6) is 0 Å². The van der Waals surface area contributed by atoms with Gasteiger partial charge in [0.05, 0.1) is 16.9 Å². The third kappa shape index (κ3) is 3.44. The van der Waals surface area contributed by atoms with Gasteiger partial charge in [0.1, 0.15) is 0 Å². The van der Waals surface area contributed by atoms with Gasteiger partial charge in [0, 0.05) is 13.1 Å². The minimum Gasteiger partial charge on any atom is -0.207 e. The third-order valence-electron chi connectivity index (χ3n) is 3.99. The Morgan fingerprint density at radius 1 is 1.30 bits per heavy atom. The zero-order chi connectivity index (χ0) is 17.0. The fraction of sp³-hybridized carbons (Fsp3) is 0.278. The highest BCUT2D eigenvalue weighted by Gasteiger charge is 2.33. The lowest BCUT2D eigenvalue weighted by Gasteiger charge is -2.17. The summed E-state index contributed by atoms with van der Waals surface area (Å²) in [7, 11) is -3.58.